The number of nitrogens with zero attached hydrogens (tertiary/aromatic N) is 2. The van der Waals surface area contributed by atoms with Crippen LogP contribution in [0.5, 0.6) is 0 Å². The minimum atomic E-state index is -0.320. The monoisotopic (exact) mass is 368 g/mol. The topological polar surface area (TPSA) is 40.6 Å². The summed E-state index contributed by atoms with van der Waals surface area (Å²) in [6.45, 7) is 0. The van der Waals surface area contributed by atoms with E-state index < -0.39 is 0 Å². The van der Waals surface area contributed by atoms with Gasteiger partial charge in [0.1, 0.15) is 6.04 Å². The maximum Gasteiger partial charge on any atom is 0.332 e. The highest BCUT2D eigenvalue weighted by Crippen LogP contribution is 2.44. The highest BCUT2D eigenvalue weighted by molar-refractivity contribution is 9.10. The normalized spacial score (nSPS) is 28.3. The lowest BCUT2D eigenvalue weighted by Gasteiger charge is -2.22. The predicted molar refractivity (Wildman–Crippen MR) is 91.2 cm³/mol. The highest BCUT2D eigenvalue weighted by atomic mass is 79.9. The first-order chi connectivity index (χ1) is 11.2. The highest BCUT2D eigenvalue weighted by Gasteiger charge is 2.57. The summed E-state index contributed by atoms with van der Waals surface area (Å²) in [6, 6.07) is 11.1. The molecule has 2 aromatic carbocycles. The SMILES string of the molecule is O=C1[C@H]2C3C=CC(C3)N2C(=O)N1c1ccc(Br)c2ccccc12. The summed E-state index contributed by atoms with van der Waals surface area (Å²) in [7, 11) is 0. The molecule has 3 aliphatic rings. The Morgan fingerprint density at radius 3 is 2.57 bits per heavy atom. The summed E-state index contributed by atoms with van der Waals surface area (Å²) in [5, 5.41) is 1.91. The van der Waals surface area contributed by atoms with Gasteiger partial charge in [-0.2, -0.15) is 0 Å². The molecule has 2 bridgehead atoms. The van der Waals surface area contributed by atoms with E-state index in [1.165, 1.54) is 4.90 Å². The van der Waals surface area contributed by atoms with E-state index in [0.717, 1.165) is 21.7 Å². The molecular weight excluding hydrogens is 356 g/mol. The van der Waals surface area contributed by atoms with Crippen molar-refractivity contribution >= 4 is 44.3 Å². The number of carbonyl (C=O) groups is 2. The van der Waals surface area contributed by atoms with Gasteiger partial charge in [-0.05, 0) is 23.9 Å². The van der Waals surface area contributed by atoms with E-state index in [1.807, 2.05) is 36.4 Å². The molecule has 114 valence electrons. The summed E-state index contributed by atoms with van der Waals surface area (Å²) >= 11 is 3.54. The Morgan fingerprint density at radius 2 is 1.78 bits per heavy atom. The number of rotatable bonds is 1. The summed E-state index contributed by atoms with van der Waals surface area (Å²) in [5.74, 6) is 0.0717. The molecule has 0 radical (unpaired) electrons. The van der Waals surface area contributed by atoms with Crippen LogP contribution in [0.25, 0.3) is 10.8 Å². The molecule has 0 spiro atoms. The summed E-state index contributed by atoms with van der Waals surface area (Å²) in [5.41, 5.74) is 0.674. The van der Waals surface area contributed by atoms with Crippen molar-refractivity contribution in [1.29, 1.82) is 0 Å². The lowest BCUT2D eigenvalue weighted by molar-refractivity contribution is -0.119. The number of carbonyl (C=O) groups excluding carboxylic acids is 2. The molecule has 0 N–H and O–H groups in total. The van der Waals surface area contributed by atoms with E-state index in [9.17, 15) is 9.59 Å². The Hall–Kier alpha value is -2.14. The Bertz CT molecular complexity index is 877. The molecular formula is C18H13BrN2O2. The average molecular weight is 369 g/mol. The third-order valence-corrected chi connectivity index (χ3v) is 5.82. The van der Waals surface area contributed by atoms with Crippen molar-refractivity contribution in [3.63, 3.8) is 0 Å². The maximum absolute atomic E-state index is 12.9. The Balaban J connectivity index is 1.68. The number of hydrogen-bond acceptors (Lipinski definition) is 2. The number of benzene rings is 2. The van der Waals surface area contributed by atoms with E-state index in [1.54, 1.807) is 4.90 Å². The maximum atomic E-state index is 12.9. The minimum Gasteiger partial charge on any atom is -0.305 e. The lowest BCUT2D eigenvalue weighted by Crippen LogP contribution is -2.38. The van der Waals surface area contributed by atoms with Crippen LogP contribution in [0.2, 0.25) is 0 Å². The smallest absolute Gasteiger partial charge is 0.305 e. The van der Waals surface area contributed by atoms with Crippen molar-refractivity contribution in [2.45, 2.75) is 18.5 Å². The Labute approximate surface area is 141 Å². The van der Waals surface area contributed by atoms with Gasteiger partial charge >= 0.3 is 6.03 Å². The first kappa shape index (κ1) is 13.3. The fourth-order valence-corrected chi connectivity index (χ4v) is 4.61. The second-order valence-corrected chi connectivity index (χ2v) is 7.13. The van der Waals surface area contributed by atoms with Gasteiger partial charge in [-0.25, -0.2) is 9.69 Å². The van der Waals surface area contributed by atoms with Gasteiger partial charge in [-0.1, -0.05) is 52.3 Å². The summed E-state index contributed by atoms with van der Waals surface area (Å²) in [6.07, 6.45) is 5.02. The van der Waals surface area contributed by atoms with E-state index >= 15 is 0 Å². The molecule has 2 unspecified atom stereocenters. The number of fused-ring (bicyclic) bond motifs is 6. The van der Waals surface area contributed by atoms with Crippen molar-refractivity contribution in [3.05, 3.63) is 53.0 Å². The van der Waals surface area contributed by atoms with Crippen LogP contribution >= 0.6 is 15.9 Å². The molecule has 3 amide bonds. The largest absolute Gasteiger partial charge is 0.332 e. The summed E-state index contributed by atoms with van der Waals surface area (Å²) in [4.78, 5) is 29.0. The van der Waals surface area contributed by atoms with Gasteiger partial charge in [0, 0.05) is 15.8 Å². The predicted octanol–water partition coefficient (Wildman–Crippen LogP) is 3.70. The molecule has 0 aromatic heterocycles. The zero-order valence-electron chi connectivity index (χ0n) is 12.1. The van der Waals surface area contributed by atoms with Crippen LogP contribution in [0, 0.1) is 5.92 Å². The van der Waals surface area contributed by atoms with Crippen LogP contribution in [0.1, 0.15) is 6.42 Å². The van der Waals surface area contributed by atoms with Crippen molar-refractivity contribution in [2.75, 3.05) is 4.90 Å². The third kappa shape index (κ3) is 1.60. The molecule has 4 nitrogen and oxygen atoms in total. The lowest BCUT2D eigenvalue weighted by atomic mass is 10.0. The Kier molecular flexibility index (Phi) is 2.57. The van der Waals surface area contributed by atoms with Crippen molar-refractivity contribution in [2.24, 2.45) is 5.92 Å². The quantitative estimate of drug-likeness (QED) is 0.568. The van der Waals surface area contributed by atoms with Crippen LogP contribution in [0.3, 0.4) is 0 Å². The molecule has 2 fully saturated rings. The number of anilines is 1. The summed E-state index contributed by atoms with van der Waals surface area (Å²) < 4.78 is 0.957. The van der Waals surface area contributed by atoms with Crippen LogP contribution in [0.4, 0.5) is 10.5 Å². The number of imide groups is 1. The molecule has 2 saturated heterocycles. The minimum absolute atomic E-state index is 0.0770. The van der Waals surface area contributed by atoms with E-state index in [0.29, 0.717) is 5.69 Å². The number of hydrogen-bond donors (Lipinski definition) is 0. The molecule has 1 aliphatic carbocycles. The van der Waals surface area contributed by atoms with Crippen molar-refractivity contribution < 1.29 is 9.59 Å². The fraction of sp³-hybridized carbons (Fsp3) is 0.222. The molecule has 2 aromatic rings. The first-order valence-electron chi connectivity index (χ1n) is 7.68. The van der Waals surface area contributed by atoms with Gasteiger partial charge in [0.15, 0.2) is 0 Å². The number of urea groups is 1. The van der Waals surface area contributed by atoms with Crippen LogP contribution < -0.4 is 4.90 Å². The van der Waals surface area contributed by atoms with Crippen molar-refractivity contribution in [3.8, 4) is 0 Å². The molecule has 3 atom stereocenters. The fourth-order valence-electron chi connectivity index (χ4n) is 4.13. The second kappa shape index (κ2) is 4.45. The number of amides is 3. The van der Waals surface area contributed by atoms with Crippen molar-refractivity contribution in [1.82, 2.24) is 4.90 Å². The van der Waals surface area contributed by atoms with E-state index in [-0.39, 0.29) is 29.9 Å². The number of halogens is 1. The van der Waals surface area contributed by atoms with Crippen LogP contribution in [-0.2, 0) is 4.79 Å². The molecule has 2 aliphatic heterocycles. The Morgan fingerprint density at radius 1 is 1.00 bits per heavy atom. The first-order valence-corrected chi connectivity index (χ1v) is 8.48. The van der Waals surface area contributed by atoms with Gasteiger partial charge in [0.25, 0.3) is 5.91 Å². The average Bonchev–Trinajstić information content (AvgIpc) is 3.24. The molecule has 5 heteroatoms. The second-order valence-electron chi connectivity index (χ2n) is 6.27. The third-order valence-electron chi connectivity index (χ3n) is 5.13. The van der Waals surface area contributed by atoms with Gasteiger partial charge in [0.05, 0.1) is 11.7 Å². The zero-order chi connectivity index (χ0) is 15.7. The molecule has 0 saturated carbocycles. The molecule has 23 heavy (non-hydrogen) atoms. The van der Waals surface area contributed by atoms with E-state index in [2.05, 4.69) is 28.1 Å². The van der Waals surface area contributed by atoms with Gasteiger partial charge in [-0.3, -0.25) is 4.79 Å². The zero-order valence-corrected chi connectivity index (χ0v) is 13.7. The van der Waals surface area contributed by atoms with Gasteiger partial charge in [0.2, 0.25) is 0 Å². The van der Waals surface area contributed by atoms with Gasteiger partial charge in [-0.15, -0.1) is 0 Å². The van der Waals surface area contributed by atoms with Gasteiger partial charge < -0.3 is 4.90 Å². The molecule has 2 heterocycles. The standard InChI is InChI=1S/C18H13BrN2O2/c19-14-7-8-15(13-4-2-1-3-12(13)14)21-17(22)16-10-5-6-11(9-10)20(16)18(21)23/h1-8,10-11,16H,9H2/t10?,11?,16-/m1/s1. The van der Waals surface area contributed by atoms with Crippen LogP contribution in [-0.4, -0.2) is 28.9 Å². The van der Waals surface area contributed by atoms with E-state index in [4.69, 9.17) is 0 Å². The van der Waals surface area contributed by atoms with Crippen LogP contribution in [0.15, 0.2) is 53.0 Å². The molecule has 5 rings (SSSR count).